The average molecular weight is 237 g/mol. The van der Waals surface area contributed by atoms with Gasteiger partial charge >= 0.3 is 0 Å². The Morgan fingerprint density at radius 2 is 2.06 bits per heavy atom. The van der Waals surface area contributed by atoms with Crippen molar-refractivity contribution in [1.82, 2.24) is 4.98 Å². The molecule has 1 nitrogen and oxygen atoms in total. The second-order valence-electron chi connectivity index (χ2n) is 5.94. The molecule has 1 aliphatic carbocycles. The van der Waals surface area contributed by atoms with Crippen LogP contribution in [-0.4, -0.2) is 4.98 Å². The zero-order valence-electron chi connectivity index (χ0n) is 10.8. The summed E-state index contributed by atoms with van der Waals surface area (Å²) < 4.78 is 0. The maximum Gasteiger partial charge on any atom is 0.0897 e. The highest BCUT2D eigenvalue weighted by molar-refractivity contribution is 7.09. The van der Waals surface area contributed by atoms with Crippen molar-refractivity contribution in [3.05, 3.63) is 16.1 Å². The Morgan fingerprint density at radius 1 is 1.25 bits per heavy atom. The van der Waals surface area contributed by atoms with Crippen LogP contribution in [0.5, 0.6) is 0 Å². The van der Waals surface area contributed by atoms with Crippen molar-refractivity contribution in [2.24, 2.45) is 5.41 Å². The number of aromatic nitrogens is 1. The third-order valence-electron chi connectivity index (χ3n) is 3.88. The van der Waals surface area contributed by atoms with Gasteiger partial charge in [0.15, 0.2) is 0 Å². The number of rotatable bonds is 1. The molecule has 0 spiro atoms. The van der Waals surface area contributed by atoms with E-state index in [1.807, 2.05) is 0 Å². The number of aryl methyl sites for hydroxylation is 1. The van der Waals surface area contributed by atoms with Crippen molar-refractivity contribution in [3.63, 3.8) is 0 Å². The Bertz CT molecular complexity index is 340. The third-order valence-corrected chi connectivity index (χ3v) is 4.67. The van der Waals surface area contributed by atoms with Crippen molar-refractivity contribution in [1.29, 1.82) is 0 Å². The minimum atomic E-state index is 0.545. The summed E-state index contributed by atoms with van der Waals surface area (Å²) in [6, 6.07) is 0. The van der Waals surface area contributed by atoms with Gasteiger partial charge in [-0.2, -0.15) is 0 Å². The van der Waals surface area contributed by atoms with Crippen molar-refractivity contribution in [3.8, 4) is 0 Å². The van der Waals surface area contributed by atoms with E-state index < -0.39 is 0 Å². The molecule has 0 aromatic carbocycles. The van der Waals surface area contributed by atoms with Crippen LogP contribution >= 0.6 is 11.3 Å². The summed E-state index contributed by atoms with van der Waals surface area (Å²) in [6.07, 6.45) is 8.21. The van der Waals surface area contributed by atoms with Gasteiger partial charge in [0.2, 0.25) is 0 Å². The van der Waals surface area contributed by atoms with E-state index in [-0.39, 0.29) is 0 Å². The summed E-state index contributed by atoms with van der Waals surface area (Å²) in [5.41, 5.74) is 1.91. The summed E-state index contributed by atoms with van der Waals surface area (Å²) in [5.74, 6) is 0.726. The quantitative estimate of drug-likeness (QED) is 0.676. The SMILES string of the molecule is Cc1nc(C2CCCCC(C)(C)CC2)cs1. The van der Waals surface area contributed by atoms with Gasteiger partial charge in [-0.15, -0.1) is 11.3 Å². The lowest BCUT2D eigenvalue weighted by Crippen LogP contribution is -2.16. The first-order chi connectivity index (χ1) is 7.57. The number of hydrogen-bond acceptors (Lipinski definition) is 2. The minimum absolute atomic E-state index is 0.545. The first-order valence-electron chi connectivity index (χ1n) is 6.49. The zero-order valence-corrected chi connectivity index (χ0v) is 11.6. The molecule has 1 atom stereocenters. The molecule has 2 heteroatoms. The maximum atomic E-state index is 4.67. The van der Waals surface area contributed by atoms with Gasteiger partial charge < -0.3 is 0 Å². The van der Waals surface area contributed by atoms with Crippen LogP contribution in [-0.2, 0) is 0 Å². The van der Waals surface area contributed by atoms with E-state index in [0.29, 0.717) is 5.41 Å². The molecule has 0 N–H and O–H groups in total. The zero-order chi connectivity index (χ0) is 11.6. The predicted molar refractivity (Wildman–Crippen MR) is 71.1 cm³/mol. The van der Waals surface area contributed by atoms with E-state index in [1.54, 1.807) is 11.3 Å². The van der Waals surface area contributed by atoms with Crippen LogP contribution in [0.3, 0.4) is 0 Å². The van der Waals surface area contributed by atoms with Crippen molar-refractivity contribution < 1.29 is 0 Å². The smallest absolute Gasteiger partial charge is 0.0897 e. The molecule has 0 bridgehead atoms. The molecule has 1 fully saturated rings. The van der Waals surface area contributed by atoms with E-state index >= 15 is 0 Å². The maximum absolute atomic E-state index is 4.67. The highest BCUT2D eigenvalue weighted by Crippen LogP contribution is 2.38. The molecule has 0 saturated heterocycles. The molecule has 1 heterocycles. The Morgan fingerprint density at radius 3 is 2.75 bits per heavy atom. The van der Waals surface area contributed by atoms with Gasteiger partial charge in [-0.25, -0.2) is 4.98 Å². The molecular weight excluding hydrogens is 214 g/mol. The normalized spacial score (nSPS) is 26.1. The molecular formula is C14H23NS. The number of nitrogens with zero attached hydrogens (tertiary/aromatic N) is 1. The van der Waals surface area contributed by atoms with Gasteiger partial charge in [-0.1, -0.05) is 26.7 Å². The van der Waals surface area contributed by atoms with Crippen molar-refractivity contribution in [2.75, 3.05) is 0 Å². The summed E-state index contributed by atoms with van der Waals surface area (Å²) in [7, 11) is 0. The Kier molecular flexibility index (Phi) is 3.68. The molecule has 1 aromatic rings. The van der Waals surface area contributed by atoms with Crippen LogP contribution in [0.1, 0.15) is 69.0 Å². The fourth-order valence-electron chi connectivity index (χ4n) is 2.69. The second kappa shape index (κ2) is 4.87. The molecule has 1 aliphatic rings. The van der Waals surface area contributed by atoms with E-state index in [0.717, 1.165) is 5.92 Å². The Labute approximate surface area is 103 Å². The van der Waals surface area contributed by atoms with Crippen LogP contribution in [0.15, 0.2) is 5.38 Å². The lowest BCUT2D eigenvalue weighted by atomic mass is 9.76. The first kappa shape index (κ1) is 12.1. The van der Waals surface area contributed by atoms with E-state index in [4.69, 9.17) is 0 Å². The first-order valence-corrected chi connectivity index (χ1v) is 7.37. The number of thiazole rings is 1. The van der Waals surface area contributed by atoms with Crippen molar-refractivity contribution in [2.45, 2.75) is 65.2 Å². The average Bonchev–Trinajstić information content (AvgIpc) is 2.60. The summed E-state index contributed by atoms with van der Waals surface area (Å²) in [4.78, 5) is 4.67. The summed E-state index contributed by atoms with van der Waals surface area (Å²) in [5, 5.41) is 3.49. The van der Waals surface area contributed by atoms with Gasteiger partial charge in [0.25, 0.3) is 0 Å². The van der Waals surface area contributed by atoms with Crippen LogP contribution in [0.2, 0.25) is 0 Å². The van der Waals surface area contributed by atoms with E-state index in [9.17, 15) is 0 Å². The fraction of sp³-hybridized carbons (Fsp3) is 0.786. The Balaban J connectivity index is 2.04. The molecule has 90 valence electrons. The molecule has 16 heavy (non-hydrogen) atoms. The molecule has 2 rings (SSSR count). The third kappa shape index (κ3) is 3.07. The second-order valence-corrected chi connectivity index (χ2v) is 7.00. The number of hydrogen-bond donors (Lipinski definition) is 0. The standard InChI is InChI=1S/C14H23NS/c1-11-15-13(10-16-11)12-6-4-5-8-14(2,3)9-7-12/h10,12H,4-9H2,1-3H3. The molecule has 1 unspecified atom stereocenters. The molecule has 1 aromatic heterocycles. The molecule has 1 saturated carbocycles. The van der Waals surface area contributed by atoms with Crippen LogP contribution in [0, 0.1) is 12.3 Å². The topological polar surface area (TPSA) is 12.9 Å². The molecule has 0 aliphatic heterocycles. The van der Waals surface area contributed by atoms with Crippen LogP contribution in [0.4, 0.5) is 0 Å². The lowest BCUT2D eigenvalue weighted by molar-refractivity contribution is 0.253. The molecule has 0 radical (unpaired) electrons. The molecule has 0 amide bonds. The largest absolute Gasteiger partial charge is 0.246 e. The fourth-order valence-corrected chi connectivity index (χ4v) is 3.39. The summed E-state index contributed by atoms with van der Waals surface area (Å²) in [6.45, 7) is 6.95. The van der Waals surface area contributed by atoms with Crippen LogP contribution in [0.25, 0.3) is 0 Å². The minimum Gasteiger partial charge on any atom is -0.246 e. The van der Waals surface area contributed by atoms with Gasteiger partial charge in [0, 0.05) is 11.3 Å². The van der Waals surface area contributed by atoms with Crippen LogP contribution < -0.4 is 0 Å². The van der Waals surface area contributed by atoms with E-state index in [1.165, 1.54) is 49.2 Å². The summed E-state index contributed by atoms with van der Waals surface area (Å²) >= 11 is 1.80. The highest BCUT2D eigenvalue weighted by atomic mass is 32.1. The Hall–Kier alpha value is -0.370. The monoisotopic (exact) mass is 237 g/mol. The van der Waals surface area contributed by atoms with Crippen molar-refractivity contribution >= 4 is 11.3 Å². The highest BCUT2D eigenvalue weighted by Gasteiger charge is 2.24. The van der Waals surface area contributed by atoms with Gasteiger partial charge in [0.05, 0.1) is 10.7 Å². The predicted octanol–water partition coefficient (Wildman–Crippen LogP) is 4.92. The van der Waals surface area contributed by atoms with Gasteiger partial charge in [-0.3, -0.25) is 0 Å². The van der Waals surface area contributed by atoms with E-state index in [2.05, 4.69) is 31.1 Å². The van der Waals surface area contributed by atoms with Gasteiger partial charge in [0.1, 0.15) is 0 Å². The van der Waals surface area contributed by atoms with Gasteiger partial charge in [-0.05, 0) is 38.0 Å². The lowest BCUT2D eigenvalue weighted by Gasteiger charge is -2.29.